The number of nitrogen functional groups attached to an aromatic ring is 1. The monoisotopic (exact) mass is 404 g/mol. The summed E-state index contributed by atoms with van der Waals surface area (Å²) in [6.07, 6.45) is 6.23. The Hall–Kier alpha value is -1.59. The van der Waals surface area contributed by atoms with Gasteiger partial charge in [0.05, 0.1) is 5.39 Å². The first-order valence-corrected chi connectivity index (χ1v) is 9.31. The second-order valence-electron chi connectivity index (χ2n) is 6.41. The Kier molecular flexibility index (Phi) is 4.01. The van der Waals surface area contributed by atoms with E-state index in [-0.39, 0.29) is 0 Å². The SMILES string of the molecule is Cc1ccc(Br)c(-c2c(Cl)n(C3CCCC3)c3ncnc(N)c23)c1. The number of benzene rings is 1. The molecule has 124 valence electrons. The number of aromatic nitrogens is 3. The maximum atomic E-state index is 6.88. The summed E-state index contributed by atoms with van der Waals surface area (Å²) in [6.45, 7) is 2.07. The van der Waals surface area contributed by atoms with Gasteiger partial charge in [-0.1, -0.05) is 58.1 Å². The molecule has 0 atom stereocenters. The van der Waals surface area contributed by atoms with E-state index in [1.807, 2.05) is 6.07 Å². The average Bonchev–Trinajstić information content (AvgIpc) is 3.16. The molecular formula is C18H18BrClN4. The predicted octanol–water partition coefficient (Wildman–Crippen LogP) is 5.52. The third-order valence-electron chi connectivity index (χ3n) is 4.83. The van der Waals surface area contributed by atoms with Crippen molar-refractivity contribution in [2.75, 3.05) is 5.73 Å². The molecule has 24 heavy (non-hydrogen) atoms. The first kappa shape index (κ1) is 15.9. The molecule has 0 amide bonds. The number of anilines is 1. The smallest absolute Gasteiger partial charge is 0.147 e. The number of nitrogens with zero attached hydrogens (tertiary/aromatic N) is 3. The molecule has 1 fully saturated rings. The van der Waals surface area contributed by atoms with Crippen LogP contribution in [0.25, 0.3) is 22.2 Å². The Bertz CT molecular complexity index is 928. The molecule has 0 bridgehead atoms. The van der Waals surface area contributed by atoms with Gasteiger partial charge < -0.3 is 10.3 Å². The molecular weight excluding hydrogens is 388 g/mol. The van der Waals surface area contributed by atoms with Gasteiger partial charge in [0.2, 0.25) is 0 Å². The average molecular weight is 406 g/mol. The van der Waals surface area contributed by atoms with Gasteiger partial charge in [-0.05, 0) is 25.8 Å². The molecule has 4 nitrogen and oxygen atoms in total. The number of aryl methyl sites for hydroxylation is 1. The van der Waals surface area contributed by atoms with Crippen molar-refractivity contribution < 1.29 is 0 Å². The molecule has 2 heterocycles. The summed E-state index contributed by atoms with van der Waals surface area (Å²) in [4.78, 5) is 8.72. The van der Waals surface area contributed by atoms with E-state index in [4.69, 9.17) is 17.3 Å². The second-order valence-corrected chi connectivity index (χ2v) is 7.63. The number of nitrogens with two attached hydrogens (primary N) is 1. The van der Waals surface area contributed by atoms with Crippen LogP contribution in [-0.2, 0) is 0 Å². The third-order valence-corrected chi connectivity index (χ3v) is 5.90. The maximum Gasteiger partial charge on any atom is 0.147 e. The first-order chi connectivity index (χ1) is 11.6. The molecule has 2 N–H and O–H groups in total. The van der Waals surface area contributed by atoms with Crippen LogP contribution in [0, 0.1) is 6.92 Å². The number of rotatable bonds is 2. The summed E-state index contributed by atoms with van der Waals surface area (Å²) < 4.78 is 3.15. The van der Waals surface area contributed by atoms with Gasteiger partial charge in [-0.25, -0.2) is 9.97 Å². The van der Waals surface area contributed by atoms with E-state index in [1.54, 1.807) is 0 Å². The Morgan fingerprint density at radius 2 is 2.00 bits per heavy atom. The zero-order valence-corrected chi connectivity index (χ0v) is 15.7. The molecule has 0 saturated heterocycles. The van der Waals surface area contributed by atoms with Crippen molar-refractivity contribution in [3.8, 4) is 11.1 Å². The first-order valence-electron chi connectivity index (χ1n) is 8.14. The highest BCUT2D eigenvalue weighted by atomic mass is 79.9. The summed E-state index contributed by atoms with van der Waals surface area (Å²) in [6, 6.07) is 6.61. The summed E-state index contributed by atoms with van der Waals surface area (Å²) in [5.41, 5.74) is 10.2. The lowest BCUT2D eigenvalue weighted by Gasteiger charge is -2.14. The molecule has 2 aromatic heterocycles. The van der Waals surface area contributed by atoms with Gasteiger partial charge in [0.25, 0.3) is 0 Å². The molecule has 3 aromatic rings. The van der Waals surface area contributed by atoms with Gasteiger partial charge in [0.15, 0.2) is 0 Å². The lowest BCUT2D eigenvalue weighted by Crippen LogP contribution is -2.05. The van der Waals surface area contributed by atoms with Crippen molar-refractivity contribution in [1.82, 2.24) is 14.5 Å². The van der Waals surface area contributed by atoms with E-state index in [2.05, 4.69) is 49.5 Å². The Labute approximate surface area is 154 Å². The van der Waals surface area contributed by atoms with Crippen LogP contribution in [0.15, 0.2) is 29.0 Å². The summed E-state index contributed by atoms with van der Waals surface area (Å²) in [5, 5.41) is 1.55. The van der Waals surface area contributed by atoms with E-state index < -0.39 is 0 Å². The van der Waals surface area contributed by atoms with Crippen LogP contribution < -0.4 is 5.73 Å². The van der Waals surface area contributed by atoms with Crippen LogP contribution in [0.5, 0.6) is 0 Å². The summed E-state index contributed by atoms with van der Waals surface area (Å²) in [5.74, 6) is 0.474. The Morgan fingerprint density at radius 3 is 2.75 bits per heavy atom. The van der Waals surface area contributed by atoms with Crippen molar-refractivity contribution in [1.29, 1.82) is 0 Å². The highest BCUT2D eigenvalue weighted by molar-refractivity contribution is 9.10. The highest BCUT2D eigenvalue weighted by Gasteiger charge is 2.28. The largest absolute Gasteiger partial charge is 0.383 e. The Morgan fingerprint density at radius 1 is 1.25 bits per heavy atom. The zero-order valence-electron chi connectivity index (χ0n) is 13.4. The van der Waals surface area contributed by atoms with Crippen molar-refractivity contribution in [3.63, 3.8) is 0 Å². The molecule has 0 spiro atoms. The fourth-order valence-electron chi connectivity index (χ4n) is 3.70. The molecule has 4 rings (SSSR count). The van der Waals surface area contributed by atoms with Crippen LogP contribution in [0.2, 0.25) is 5.15 Å². The normalized spacial score (nSPS) is 15.5. The van der Waals surface area contributed by atoms with Crippen molar-refractivity contribution in [2.45, 2.75) is 38.6 Å². The molecule has 6 heteroatoms. The van der Waals surface area contributed by atoms with E-state index in [9.17, 15) is 0 Å². The maximum absolute atomic E-state index is 6.88. The van der Waals surface area contributed by atoms with Crippen molar-refractivity contribution in [2.24, 2.45) is 0 Å². The van der Waals surface area contributed by atoms with Gasteiger partial charge in [-0.3, -0.25) is 0 Å². The highest BCUT2D eigenvalue weighted by Crippen LogP contribution is 2.46. The zero-order chi connectivity index (χ0) is 16.8. The lowest BCUT2D eigenvalue weighted by molar-refractivity contribution is 0.533. The van der Waals surface area contributed by atoms with Crippen molar-refractivity contribution >= 4 is 44.4 Å². The van der Waals surface area contributed by atoms with Gasteiger partial charge in [-0.15, -0.1) is 0 Å². The molecule has 1 saturated carbocycles. The number of fused-ring (bicyclic) bond motifs is 1. The topological polar surface area (TPSA) is 56.7 Å². The van der Waals surface area contributed by atoms with E-state index in [0.29, 0.717) is 17.0 Å². The van der Waals surface area contributed by atoms with Crippen LogP contribution in [0.4, 0.5) is 5.82 Å². The van der Waals surface area contributed by atoms with Gasteiger partial charge >= 0.3 is 0 Å². The summed E-state index contributed by atoms with van der Waals surface area (Å²) >= 11 is 10.5. The second kappa shape index (κ2) is 6.05. The number of hydrogen-bond donors (Lipinski definition) is 1. The third kappa shape index (κ3) is 2.42. The standard InChI is InChI=1S/C18H18BrClN4/c1-10-6-7-13(19)12(8-10)14-15-17(21)22-9-23-18(15)24(16(14)20)11-4-2-3-5-11/h6-9,11H,2-5H2,1H3,(H2,21,22,23). The van der Waals surface area contributed by atoms with Gasteiger partial charge in [0, 0.05) is 21.6 Å². The van der Waals surface area contributed by atoms with Gasteiger partial charge in [-0.2, -0.15) is 0 Å². The van der Waals surface area contributed by atoms with Crippen LogP contribution in [0.1, 0.15) is 37.3 Å². The van der Waals surface area contributed by atoms with Crippen LogP contribution in [-0.4, -0.2) is 14.5 Å². The van der Waals surface area contributed by atoms with Crippen molar-refractivity contribution in [3.05, 3.63) is 39.7 Å². The minimum absolute atomic E-state index is 0.381. The predicted molar refractivity (Wildman–Crippen MR) is 102 cm³/mol. The van der Waals surface area contributed by atoms with Crippen LogP contribution >= 0.6 is 27.5 Å². The molecule has 0 aliphatic heterocycles. The molecule has 1 aromatic carbocycles. The molecule has 0 radical (unpaired) electrons. The fourth-order valence-corrected chi connectivity index (χ4v) is 4.56. The molecule has 1 aliphatic rings. The van der Waals surface area contributed by atoms with Gasteiger partial charge in [0.1, 0.15) is 22.9 Å². The minimum Gasteiger partial charge on any atom is -0.383 e. The summed E-state index contributed by atoms with van der Waals surface area (Å²) in [7, 11) is 0. The molecule has 1 aliphatic carbocycles. The van der Waals surface area contributed by atoms with E-state index in [1.165, 1.54) is 24.7 Å². The van der Waals surface area contributed by atoms with E-state index >= 15 is 0 Å². The Balaban J connectivity index is 2.08. The van der Waals surface area contributed by atoms with E-state index in [0.717, 1.165) is 39.5 Å². The lowest BCUT2D eigenvalue weighted by atomic mass is 10.0. The number of halogens is 2. The quantitative estimate of drug-likeness (QED) is 0.610. The number of hydrogen-bond acceptors (Lipinski definition) is 3. The minimum atomic E-state index is 0.381. The van der Waals surface area contributed by atoms with Crippen LogP contribution in [0.3, 0.4) is 0 Å². The fraction of sp³-hybridized carbons (Fsp3) is 0.333. The molecule has 0 unspecified atom stereocenters.